The van der Waals surface area contributed by atoms with Gasteiger partial charge in [-0.25, -0.2) is 9.78 Å². The van der Waals surface area contributed by atoms with Crippen LogP contribution in [0.5, 0.6) is 0 Å². The lowest BCUT2D eigenvalue weighted by atomic mass is 9.74. The van der Waals surface area contributed by atoms with E-state index in [1.165, 1.54) is 11.3 Å². The van der Waals surface area contributed by atoms with Crippen LogP contribution in [0.3, 0.4) is 0 Å². The molecule has 1 aliphatic carbocycles. The molecule has 0 radical (unpaired) electrons. The summed E-state index contributed by atoms with van der Waals surface area (Å²) in [6.07, 6.45) is 5.85. The highest BCUT2D eigenvalue weighted by molar-refractivity contribution is 7.09. The van der Waals surface area contributed by atoms with E-state index in [4.69, 9.17) is 0 Å². The van der Waals surface area contributed by atoms with Gasteiger partial charge in [-0.2, -0.15) is 0 Å². The minimum atomic E-state index is -0.808. The fourth-order valence-corrected chi connectivity index (χ4v) is 3.06. The number of aliphatic carboxylic acids is 1. The molecule has 1 saturated carbocycles. The van der Waals surface area contributed by atoms with Gasteiger partial charge in [-0.1, -0.05) is 19.3 Å². The van der Waals surface area contributed by atoms with Crippen molar-refractivity contribution in [1.82, 2.24) is 15.6 Å². The Morgan fingerprint density at radius 2 is 2.05 bits per heavy atom. The molecule has 0 aromatic carbocycles. The van der Waals surface area contributed by atoms with E-state index in [1.807, 2.05) is 5.38 Å². The number of carboxylic acid groups (broad SMARTS) is 1. The Balaban J connectivity index is 1.80. The second kappa shape index (κ2) is 6.69. The average molecular weight is 297 g/mol. The van der Waals surface area contributed by atoms with Gasteiger partial charge in [-0.05, 0) is 12.8 Å². The number of hydrogen-bond acceptors (Lipinski definition) is 4. The summed E-state index contributed by atoms with van der Waals surface area (Å²) in [6, 6.07) is -0.341. The van der Waals surface area contributed by atoms with Crippen molar-refractivity contribution in [3.8, 4) is 0 Å². The Morgan fingerprint density at radius 3 is 2.65 bits per heavy atom. The highest BCUT2D eigenvalue weighted by Gasteiger charge is 2.39. The Hall–Kier alpha value is -1.63. The standard InChI is InChI=1S/C13H19N3O3S/c17-11(18)13(4-2-1-3-5-13)9-16-12(19)15-8-10-14-6-7-20-10/h6-7H,1-5,8-9H2,(H,17,18)(H2,15,16,19). The van der Waals surface area contributed by atoms with Crippen molar-refractivity contribution in [3.63, 3.8) is 0 Å². The van der Waals surface area contributed by atoms with Crippen LogP contribution in [-0.2, 0) is 11.3 Å². The molecule has 0 spiro atoms. The molecular weight excluding hydrogens is 278 g/mol. The fraction of sp³-hybridized carbons (Fsp3) is 0.615. The van der Waals surface area contributed by atoms with Gasteiger partial charge in [0.15, 0.2) is 0 Å². The topological polar surface area (TPSA) is 91.3 Å². The molecule has 0 bridgehead atoms. The Bertz CT molecular complexity index is 455. The van der Waals surface area contributed by atoms with Crippen LogP contribution in [-0.4, -0.2) is 28.6 Å². The highest BCUT2D eigenvalue weighted by Crippen LogP contribution is 2.35. The van der Waals surface area contributed by atoms with Crippen LogP contribution in [0.15, 0.2) is 11.6 Å². The quantitative estimate of drug-likeness (QED) is 0.775. The first kappa shape index (κ1) is 14.8. The van der Waals surface area contributed by atoms with Gasteiger partial charge in [0, 0.05) is 18.1 Å². The van der Waals surface area contributed by atoms with E-state index >= 15 is 0 Å². The zero-order chi connectivity index (χ0) is 14.4. The Kier molecular flexibility index (Phi) is 4.94. The molecule has 20 heavy (non-hydrogen) atoms. The van der Waals surface area contributed by atoms with Crippen LogP contribution >= 0.6 is 11.3 Å². The van der Waals surface area contributed by atoms with Gasteiger partial charge in [0.25, 0.3) is 0 Å². The fourth-order valence-electron chi connectivity index (χ4n) is 2.50. The molecule has 2 rings (SSSR count). The number of hydrogen-bond donors (Lipinski definition) is 3. The number of carbonyl (C=O) groups is 2. The van der Waals surface area contributed by atoms with E-state index in [2.05, 4.69) is 15.6 Å². The number of nitrogens with one attached hydrogen (secondary N) is 2. The molecule has 110 valence electrons. The van der Waals surface area contributed by atoms with Crippen LogP contribution in [0.1, 0.15) is 37.1 Å². The predicted molar refractivity (Wildman–Crippen MR) is 75.5 cm³/mol. The molecule has 3 N–H and O–H groups in total. The number of urea groups is 1. The number of amides is 2. The number of carboxylic acids is 1. The predicted octanol–water partition coefficient (Wildman–Crippen LogP) is 1.98. The maximum atomic E-state index is 11.7. The minimum Gasteiger partial charge on any atom is -0.481 e. The molecule has 1 heterocycles. The summed E-state index contributed by atoms with van der Waals surface area (Å²) in [5.41, 5.74) is -0.795. The molecule has 1 aliphatic rings. The number of thiazole rings is 1. The molecule has 6 nitrogen and oxygen atoms in total. The molecule has 7 heteroatoms. The van der Waals surface area contributed by atoms with Gasteiger partial charge in [0.05, 0.1) is 12.0 Å². The van der Waals surface area contributed by atoms with Gasteiger partial charge in [0.1, 0.15) is 5.01 Å². The summed E-state index contributed by atoms with van der Waals surface area (Å²) in [6.45, 7) is 0.551. The van der Waals surface area contributed by atoms with Crippen LogP contribution in [0.4, 0.5) is 4.79 Å². The average Bonchev–Trinajstić information content (AvgIpc) is 2.97. The molecule has 1 aromatic heterocycles. The van der Waals surface area contributed by atoms with Crippen molar-refractivity contribution < 1.29 is 14.7 Å². The SMILES string of the molecule is O=C(NCc1nccs1)NCC1(C(=O)O)CCCCC1. The third-order valence-electron chi connectivity index (χ3n) is 3.74. The molecule has 1 fully saturated rings. The monoisotopic (exact) mass is 297 g/mol. The normalized spacial score (nSPS) is 17.4. The first-order valence-electron chi connectivity index (χ1n) is 6.76. The van der Waals surface area contributed by atoms with E-state index < -0.39 is 11.4 Å². The van der Waals surface area contributed by atoms with Crippen LogP contribution in [0, 0.1) is 5.41 Å². The van der Waals surface area contributed by atoms with Crippen molar-refractivity contribution in [3.05, 3.63) is 16.6 Å². The largest absolute Gasteiger partial charge is 0.481 e. The smallest absolute Gasteiger partial charge is 0.315 e. The summed E-state index contributed by atoms with van der Waals surface area (Å²) in [4.78, 5) is 27.2. The maximum absolute atomic E-state index is 11.7. The number of nitrogens with zero attached hydrogens (tertiary/aromatic N) is 1. The Morgan fingerprint density at radius 1 is 1.30 bits per heavy atom. The molecule has 0 unspecified atom stereocenters. The van der Waals surface area contributed by atoms with Crippen LogP contribution < -0.4 is 10.6 Å². The van der Waals surface area contributed by atoms with Crippen molar-refractivity contribution in [2.24, 2.45) is 5.41 Å². The summed E-state index contributed by atoms with van der Waals surface area (Å²) in [7, 11) is 0. The second-order valence-electron chi connectivity index (χ2n) is 5.11. The number of aromatic nitrogens is 1. The summed E-state index contributed by atoms with van der Waals surface area (Å²) >= 11 is 1.47. The molecule has 2 amide bonds. The van der Waals surface area contributed by atoms with Crippen molar-refractivity contribution in [2.75, 3.05) is 6.54 Å². The van der Waals surface area contributed by atoms with Crippen molar-refractivity contribution in [2.45, 2.75) is 38.6 Å². The highest BCUT2D eigenvalue weighted by atomic mass is 32.1. The van der Waals surface area contributed by atoms with E-state index in [0.717, 1.165) is 24.3 Å². The van der Waals surface area contributed by atoms with E-state index in [9.17, 15) is 14.7 Å². The van der Waals surface area contributed by atoms with Crippen molar-refractivity contribution >= 4 is 23.3 Å². The van der Waals surface area contributed by atoms with E-state index in [0.29, 0.717) is 19.4 Å². The molecule has 0 saturated heterocycles. The second-order valence-corrected chi connectivity index (χ2v) is 6.09. The first-order valence-corrected chi connectivity index (χ1v) is 7.64. The zero-order valence-electron chi connectivity index (χ0n) is 11.2. The number of carbonyl (C=O) groups excluding carboxylic acids is 1. The lowest BCUT2D eigenvalue weighted by Crippen LogP contribution is -2.47. The minimum absolute atomic E-state index is 0.187. The third kappa shape index (κ3) is 3.69. The van der Waals surface area contributed by atoms with Crippen LogP contribution in [0.2, 0.25) is 0 Å². The lowest BCUT2D eigenvalue weighted by molar-refractivity contribution is -0.150. The zero-order valence-corrected chi connectivity index (χ0v) is 12.0. The van der Waals surface area contributed by atoms with Gasteiger partial charge >= 0.3 is 12.0 Å². The number of rotatable bonds is 5. The van der Waals surface area contributed by atoms with E-state index in [1.54, 1.807) is 6.20 Å². The summed E-state index contributed by atoms with van der Waals surface area (Å²) in [5, 5.41) is 17.4. The molecular formula is C13H19N3O3S. The van der Waals surface area contributed by atoms with E-state index in [-0.39, 0.29) is 12.6 Å². The Labute approximate surface area is 121 Å². The van der Waals surface area contributed by atoms with Gasteiger partial charge < -0.3 is 15.7 Å². The molecule has 1 aromatic rings. The maximum Gasteiger partial charge on any atom is 0.315 e. The summed E-state index contributed by atoms with van der Waals surface area (Å²) < 4.78 is 0. The molecule has 0 aliphatic heterocycles. The van der Waals surface area contributed by atoms with Crippen molar-refractivity contribution in [1.29, 1.82) is 0 Å². The first-order chi connectivity index (χ1) is 9.62. The lowest BCUT2D eigenvalue weighted by Gasteiger charge is -2.33. The summed E-state index contributed by atoms with van der Waals surface area (Å²) in [5.74, 6) is -0.808. The van der Waals surface area contributed by atoms with Gasteiger partial charge in [-0.15, -0.1) is 11.3 Å². The molecule has 0 atom stereocenters. The van der Waals surface area contributed by atoms with Crippen LogP contribution in [0.25, 0.3) is 0 Å². The third-order valence-corrected chi connectivity index (χ3v) is 4.51. The van der Waals surface area contributed by atoms with Gasteiger partial charge in [0.2, 0.25) is 0 Å². The van der Waals surface area contributed by atoms with Gasteiger partial charge in [-0.3, -0.25) is 4.79 Å².